The van der Waals surface area contributed by atoms with Gasteiger partial charge < -0.3 is 10.8 Å². The summed E-state index contributed by atoms with van der Waals surface area (Å²) >= 11 is 3.22. The lowest BCUT2D eigenvalue weighted by molar-refractivity contribution is 0.164. The Morgan fingerprint density at radius 1 is 1.58 bits per heavy atom. The van der Waals surface area contributed by atoms with E-state index in [2.05, 4.69) is 20.9 Å². The van der Waals surface area contributed by atoms with Gasteiger partial charge in [-0.2, -0.15) is 0 Å². The van der Waals surface area contributed by atoms with E-state index in [0.29, 0.717) is 0 Å². The molecule has 3 nitrogen and oxygen atoms in total. The van der Waals surface area contributed by atoms with E-state index in [1.165, 1.54) is 0 Å². The van der Waals surface area contributed by atoms with Crippen molar-refractivity contribution in [3.05, 3.63) is 28.5 Å². The normalized spacial score (nSPS) is 15.7. The van der Waals surface area contributed by atoms with Crippen LogP contribution in [0.15, 0.2) is 22.9 Å². The number of pyridine rings is 1. The van der Waals surface area contributed by atoms with Gasteiger partial charge in [0.2, 0.25) is 0 Å². The second kappa shape index (κ2) is 3.98. The van der Waals surface area contributed by atoms with Crippen molar-refractivity contribution in [2.45, 2.75) is 19.1 Å². The molecule has 0 amide bonds. The Balaban J connectivity index is 2.82. The van der Waals surface area contributed by atoms with Gasteiger partial charge in [-0.1, -0.05) is 6.07 Å². The number of hydrogen-bond acceptors (Lipinski definition) is 3. The van der Waals surface area contributed by atoms with Gasteiger partial charge >= 0.3 is 0 Å². The topological polar surface area (TPSA) is 59.1 Å². The predicted octanol–water partition coefficient (Wildman–Crippen LogP) is 1.22. The number of aliphatic hydroxyl groups is 1. The third-order valence-corrected chi connectivity index (χ3v) is 2.12. The fourth-order valence-corrected chi connectivity index (χ4v) is 1.10. The average Bonchev–Trinajstić information content (AvgIpc) is 2.04. The van der Waals surface area contributed by atoms with E-state index in [-0.39, 0.29) is 6.04 Å². The van der Waals surface area contributed by atoms with Crippen LogP contribution in [0.2, 0.25) is 0 Å². The summed E-state index contributed by atoms with van der Waals surface area (Å²) in [5.74, 6) is 0. The van der Waals surface area contributed by atoms with Crippen molar-refractivity contribution in [2.24, 2.45) is 5.73 Å². The molecule has 0 aliphatic rings. The zero-order valence-corrected chi connectivity index (χ0v) is 8.32. The van der Waals surface area contributed by atoms with E-state index in [1.54, 1.807) is 19.2 Å². The maximum absolute atomic E-state index is 9.18. The summed E-state index contributed by atoms with van der Waals surface area (Å²) in [7, 11) is 0. The quantitative estimate of drug-likeness (QED) is 0.752. The van der Waals surface area contributed by atoms with Crippen LogP contribution in [0.3, 0.4) is 0 Å². The Labute approximate surface area is 79.7 Å². The van der Waals surface area contributed by atoms with Crippen molar-refractivity contribution in [2.75, 3.05) is 0 Å². The van der Waals surface area contributed by atoms with Crippen LogP contribution in [0.1, 0.15) is 18.5 Å². The zero-order valence-electron chi connectivity index (χ0n) is 6.74. The molecule has 4 heteroatoms. The van der Waals surface area contributed by atoms with Crippen LogP contribution in [0.25, 0.3) is 0 Å². The average molecular weight is 231 g/mol. The maximum atomic E-state index is 9.18. The lowest BCUT2D eigenvalue weighted by Gasteiger charge is -2.13. The van der Waals surface area contributed by atoms with Crippen molar-refractivity contribution in [1.29, 1.82) is 0 Å². The molecule has 3 N–H and O–H groups in total. The van der Waals surface area contributed by atoms with Crippen LogP contribution < -0.4 is 5.73 Å². The number of aliphatic hydroxyl groups excluding tert-OH is 1. The summed E-state index contributed by atoms with van der Waals surface area (Å²) < 4.78 is 0.768. The molecule has 0 aliphatic heterocycles. The van der Waals surface area contributed by atoms with Crippen molar-refractivity contribution >= 4 is 15.9 Å². The summed E-state index contributed by atoms with van der Waals surface area (Å²) in [5.41, 5.74) is 6.52. The molecule has 1 aromatic heterocycles. The first-order valence-corrected chi connectivity index (χ1v) is 4.45. The first-order valence-electron chi connectivity index (χ1n) is 3.66. The molecule has 66 valence electrons. The number of rotatable bonds is 2. The molecule has 0 spiro atoms. The monoisotopic (exact) mass is 230 g/mol. The van der Waals surface area contributed by atoms with Crippen LogP contribution in [0.4, 0.5) is 0 Å². The third kappa shape index (κ3) is 2.27. The van der Waals surface area contributed by atoms with Crippen LogP contribution >= 0.6 is 15.9 Å². The highest BCUT2D eigenvalue weighted by Crippen LogP contribution is 2.14. The van der Waals surface area contributed by atoms with Gasteiger partial charge in [-0.15, -0.1) is 0 Å². The van der Waals surface area contributed by atoms with Crippen LogP contribution in [0.5, 0.6) is 0 Å². The summed E-state index contributed by atoms with van der Waals surface area (Å²) in [5, 5.41) is 9.18. The van der Waals surface area contributed by atoms with Crippen molar-refractivity contribution in [3.8, 4) is 0 Å². The molecule has 1 heterocycles. The third-order valence-electron chi connectivity index (χ3n) is 1.65. The lowest BCUT2D eigenvalue weighted by Crippen LogP contribution is -2.23. The minimum atomic E-state index is -0.548. The highest BCUT2D eigenvalue weighted by molar-refractivity contribution is 9.10. The molecule has 0 saturated carbocycles. The Bertz CT molecular complexity index is 248. The van der Waals surface area contributed by atoms with E-state index in [4.69, 9.17) is 5.73 Å². The largest absolute Gasteiger partial charge is 0.391 e. The van der Waals surface area contributed by atoms with E-state index >= 15 is 0 Å². The molecule has 0 radical (unpaired) electrons. The van der Waals surface area contributed by atoms with Gasteiger partial charge in [-0.3, -0.25) is 0 Å². The summed E-state index contributed by atoms with van der Waals surface area (Å²) in [4.78, 5) is 4.01. The zero-order chi connectivity index (χ0) is 9.14. The molecule has 0 fully saturated rings. The van der Waals surface area contributed by atoms with Crippen molar-refractivity contribution in [1.82, 2.24) is 4.98 Å². The molecule has 0 aromatic carbocycles. The van der Waals surface area contributed by atoms with Gasteiger partial charge in [0.05, 0.1) is 12.1 Å². The van der Waals surface area contributed by atoms with Crippen LogP contribution in [-0.2, 0) is 0 Å². The number of aromatic nitrogens is 1. The fraction of sp³-hybridized carbons (Fsp3) is 0.375. The molecule has 0 saturated heterocycles. The smallest absolute Gasteiger partial charge is 0.106 e. The predicted molar refractivity (Wildman–Crippen MR) is 50.5 cm³/mol. The van der Waals surface area contributed by atoms with Gasteiger partial charge in [-0.25, -0.2) is 4.98 Å². The molecule has 2 atom stereocenters. The molecule has 12 heavy (non-hydrogen) atoms. The number of nitrogens with zero attached hydrogens (tertiary/aromatic N) is 1. The van der Waals surface area contributed by atoms with Crippen molar-refractivity contribution < 1.29 is 5.11 Å². The Morgan fingerprint density at radius 3 is 2.67 bits per heavy atom. The molecule has 1 rings (SSSR count). The molecule has 0 bridgehead atoms. The Morgan fingerprint density at radius 2 is 2.25 bits per heavy atom. The minimum absolute atomic E-state index is 0.356. The highest BCUT2D eigenvalue weighted by Gasteiger charge is 2.11. The maximum Gasteiger partial charge on any atom is 0.106 e. The Hall–Kier alpha value is -0.450. The van der Waals surface area contributed by atoms with Crippen LogP contribution in [-0.4, -0.2) is 16.2 Å². The van der Waals surface area contributed by atoms with Gasteiger partial charge in [0.1, 0.15) is 4.60 Å². The van der Waals surface area contributed by atoms with Crippen LogP contribution in [0, 0.1) is 0 Å². The molecule has 0 aliphatic carbocycles. The standard InChI is InChI=1S/C8H11BrN2O/c1-5(12)8(10)6-2-3-7(9)11-4-6/h2-5,8,12H,10H2,1H3. The molecular weight excluding hydrogens is 220 g/mol. The second-order valence-electron chi connectivity index (χ2n) is 2.68. The van der Waals surface area contributed by atoms with Crippen molar-refractivity contribution in [3.63, 3.8) is 0 Å². The highest BCUT2D eigenvalue weighted by atomic mass is 79.9. The molecular formula is C8H11BrN2O. The van der Waals surface area contributed by atoms with E-state index in [1.807, 2.05) is 6.07 Å². The molecule has 2 unspecified atom stereocenters. The van der Waals surface area contributed by atoms with E-state index < -0.39 is 6.10 Å². The second-order valence-corrected chi connectivity index (χ2v) is 3.49. The van der Waals surface area contributed by atoms with Gasteiger partial charge in [0.25, 0.3) is 0 Å². The molecule has 1 aromatic rings. The number of halogens is 1. The number of nitrogens with two attached hydrogens (primary N) is 1. The van der Waals surface area contributed by atoms with Gasteiger partial charge in [0, 0.05) is 6.20 Å². The number of hydrogen-bond donors (Lipinski definition) is 2. The first-order chi connectivity index (χ1) is 5.61. The van der Waals surface area contributed by atoms with Gasteiger partial charge in [-0.05, 0) is 34.5 Å². The first kappa shape index (κ1) is 9.64. The fourth-order valence-electron chi connectivity index (χ4n) is 0.863. The van der Waals surface area contributed by atoms with E-state index in [9.17, 15) is 5.11 Å². The summed E-state index contributed by atoms with van der Waals surface area (Å²) in [6, 6.07) is 3.29. The minimum Gasteiger partial charge on any atom is -0.391 e. The Kier molecular flexibility index (Phi) is 3.20. The lowest BCUT2D eigenvalue weighted by atomic mass is 10.1. The van der Waals surface area contributed by atoms with E-state index in [0.717, 1.165) is 10.2 Å². The van der Waals surface area contributed by atoms with Gasteiger partial charge in [0.15, 0.2) is 0 Å². The SMILES string of the molecule is CC(O)C(N)c1ccc(Br)nc1. The summed E-state index contributed by atoms with van der Waals surface area (Å²) in [6.45, 7) is 1.66. The summed E-state index contributed by atoms with van der Waals surface area (Å²) in [6.07, 6.45) is 1.11.